The molecule has 0 atom stereocenters. The number of thiazole rings is 1. The van der Waals surface area contributed by atoms with Gasteiger partial charge in [-0.1, -0.05) is 248 Å². The second kappa shape index (κ2) is 58.2. The number of benzene rings is 9. The van der Waals surface area contributed by atoms with E-state index < -0.39 is 0 Å². The summed E-state index contributed by atoms with van der Waals surface area (Å²) >= 11 is 1.68. The van der Waals surface area contributed by atoms with Crippen molar-refractivity contribution in [3.8, 4) is 66.9 Å². The van der Waals surface area contributed by atoms with Gasteiger partial charge in [-0.2, -0.15) is 0 Å². The van der Waals surface area contributed by atoms with Gasteiger partial charge in [0.2, 0.25) is 0 Å². The molecule has 2 aliphatic heterocycles. The van der Waals surface area contributed by atoms with E-state index in [0.29, 0.717) is 0 Å². The summed E-state index contributed by atoms with van der Waals surface area (Å²) in [6, 6.07) is 106. The summed E-state index contributed by atoms with van der Waals surface area (Å²) in [6.45, 7) is 26.5. The van der Waals surface area contributed by atoms with Gasteiger partial charge in [-0.15, -0.1) is 141 Å². The molecule has 16 nitrogen and oxygen atoms in total. The molecule has 3 N–H and O–H groups in total. The minimum atomic E-state index is -0.125. The predicted molar refractivity (Wildman–Crippen MR) is 562 cm³/mol. The van der Waals surface area contributed by atoms with Gasteiger partial charge in [-0.25, -0.2) is 15.0 Å². The first-order valence-electron chi connectivity index (χ1n) is 46.1. The first kappa shape index (κ1) is 116. The summed E-state index contributed by atoms with van der Waals surface area (Å²) in [6.07, 6.45) is 14.7. The third-order valence-electron chi connectivity index (χ3n) is 22.2. The minimum absolute atomic E-state index is 0. The molecule has 9 aromatic carbocycles. The number of aliphatic hydroxyl groups excluding tert-OH is 3. The van der Waals surface area contributed by atoms with E-state index in [1.165, 1.54) is 136 Å². The summed E-state index contributed by atoms with van der Waals surface area (Å²) in [5.41, 5.74) is 34.2. The molecule has 141 heavy (non-hydrogen) atoms. The Morgan fingerprint density at radius 3 is 1.05 bits per heavy atom. The summed E-state index contributed by atoms with van der Waals surface area (Å²) in [7, 11) is 0. The summed E-state index contributed by atoms with van der Waals surface area (Å²) in [5, 5.41) is 29.7. The van der Waals surface area contributed by atoms with Crippen molar-refractivity contribution in [3.05, 3.63) is 396 Å². The number of nitrogens with zero attached hydrogens (tertiary/aromatic N) is 10. The smallest absolute Gasteiger partial charge is 0.657 e. The number of pyridine rings is 3. The van der Waals surface area contributed by atoms with Crippen LogP contribution in [0.15, 0.2) is 333 Å². The zero-order chi connectivity index (χ0) is 96.6. The van der Waals surface area contributed by atoms with Crippen LogP contribution in [0, 0.1) is 18.2 Å². The molecule has 22 heteroatoms. The number of carbonyl (C=O) groups excluding carboxylic acids is 3. The van der Waals surface area contributed by atoms with Gasteiger partial charge in [-0.05, 0) is 197 Å². The number of hydrogen-bond acceptors (Lipinski definition) is 15. The van der Waals surface area contributed by atoms with Crippen LogP contribution in [-0.4, -0.2) is 72.5 Å². The molecule has 8 aromatic heterocycles. The van der Waals surface area contributed by atoms with Crippen molar-refractivity contribution in [2.45, 2.75) is 148 Å². The number of para-hydroxylation sites is 4. The minimum Gasteiger partial charge on any atom is -0.657 e. The van der Waals surface area contributed by atoms with Gasteiger partial charge in [0.15, 0.2) is 17.3 Å². The van der Waals surface area contributed by atoms with Crippen molar-refractivity contribution in [3.63, 3.8) is 0 Å². The molecule has 0 unspecified atom stereocenters. The van der Waals surface area contributed by atoms with E-state index in [9.17, 15) is 14.4 Å². The number of aryl methyl sites for hydroxylation is 4. The molecule has 4 radical (unpaired) electrons. The van der Waals surface area contributed by atoms with Gasteiger partial charge in [0.1, 0.15) is 5.01 Å². The fraction of sp³-hybridized carbons (Fsp3) is 0.185. The Kier molecular flexibility index (Phi) is 47.7. The molecule has 2 aliphatic rings. The monoisotopic (exact) mass is 2780 g/mol. The zero-order valence-corrected chi connectivity index (χ0v) is 93.9. The molecular weight excluding hydrogens is 2660 g/mol. The van der Waals surface area contributed by atoms with Crippen molar-refractivity contribution in [2.75, 3.05) is 0 Å². The van der Waals surface area contributed by atoms with Crippen molar-refractivity contribution >= 4 is 116 Å². The van der Waals surface area contributed by atoms with Crippen molar-refractivity contribution < 1.29 is 131 Å². The maximum atomic E-state index is 10.0. The maximum absolute atomic E-state index is 10.0. The van der Waals surface area contributed by atoms with Gasteiger partial charge in [0.25, 0.3) is 0 Å². The Hall–Kier alpha value is -12.3. The molecule has 0 saturated heterocycles. The van der Waals surface area contributed by atoms with E-state index in [1.54, 1.807) is 23.7 Å². The van der Waals surface area contributed by atoms with Crippen molar-refractivity contribution in [1.29, 1.82) is 0 Å². The number of aromatic nitrogens is 10. The Bertz CT molecular complexity index is 6900. The van der Waals surface area contributed by atoms with Crippen LogP contribution in [0.4, 0.5) is 0 Å². The first-order chi connectivity index (χ1) is 66.0. The van der Waals surface area contributed by atoms with Crippen LogP contribution in [-0.2, 0) is 142 Å². The number of hydrogen-bond donors (Lipinski definition) is 3. The molecular formula is C119H113Ir4N10O6PtS-3. The van der Waals surface area contributed by atoms with Gasteiger partial charge in [0.05, 0.1) is 78.2 Å². The predicted octanol–water partition coefficient (Wildman–Crippen LogP) is 29.6. The fourth-order valence-electron chi connectivity index (χ4n) is 16.4. The van der Waals surface area contributed by atoms with E-state index >= 15 is 0 Å². The van der Waals surface area contributed by atoms with E-state index in [1.807, 2.05) is 170 Å². The van der Waals surface area contributed by atoms with Crippen LogP contribution in [0.25, 0.3) is 154 Å². The van der Waals surface area contributed by atoms with Crippen molar-refractivity contribution in [2.24, 2.45) is 0 Å². The van der Waals surface area contributed by atoms with Gasteiger partial charge in [-0.3, -0.25) is 34.3 Å². The second-order valence-corrected chi connectivity index (χ2v) is 33.1. The average molecular weight is 2780 g/mol. The zero-order valence-electron chi connectivity index (χ0n) is 81.3. The number of allylic oxidation sites excluding steroid dienone is 10. The molecule has 0 amide bonds. The molecule has 8 bridgehead atoms. The Morgan fingerprint density at radius 1 is 0.305 bits per heavy atom. The first-order valence-corrected chi connectivity index (χ1v) is 46.9. The SMILES string of the molecule is CC(=O)C=C(C)O.CC(=O)C=C(C)O.CC(=O)C=C(C)O.CCC1=C(CC)c2cc3[n-]c(cc4nc(cc5[n-]c(cc1n2)c(CC)c5CC)C(CC)=C4CC)c(CC)c3CC.[Ir].[Ir].[Ir].[Ir].[Pt+2].[c-]1ccc(-c2ccccc2)cc1-c1ccccn1.[c-]1ccccc1-c1nc2ccccc2c2ccccc12.[c-]1ccccc1-c1nc2ccccc2nc1-c1ccccc1.c1ccc(-c2nc3ccccc3s2)nc1. The van der Waals surface area contributed by atoms with Gasteiger partial charge < -0.3 is 30.3 Å². The molecule has 10 heterocycles. The molecule has 0 spiro atoms. The largest absolute Gasteiger partial charge is 2.00 e. The number of ketones is 3. The third kappa shape index (κ3) is 31.3. The second-order valence-electron chi connectivity index (χ2n) is 32.1. The van der Waals surface area contributed by atoms with E-state index in [4.69, 9.17) is 50.2 Å². The Balaban J connectivity index is 0.000000233. The van der Waals surface area contributed by atoms with E-state index in [2.05, 4.69) is 204 Å². The molecule has 730 valence electrons. The van der Waals surface area contributed by atoms with Gasteiger partial charge in [0, 0.05) is 122 Å². The van der Waals surface area contributed by atoms with Crippen LogP contribution < -0.4 is 9.97 Å². The molecule has 0 fully saturated rings. The van der Waals surface area contributed by atoms with Crippen LogP contribution >= 0.6 is 11.3 Å². The normalized spacial score (nSPS) is 11.2. The van der Waals surface area contributed by atoms with E-state index in [0.717, 1.165) is 174 Å². The van der Waals surface area contributed by atoms with Crippen LogP contribution in [0.2, 0.25) is 0 Å². The fourth-order valence-corrected chi connectivity index (χ4v) is 17.3. The average Bonchev–Trinajstić information content (AvgIpc) is 1.75. The van der Waals surface area contributed by atoms with Crippen LogP contribution in [0.5, 0.6) is 0 Å². The number of aliphatic hydroxyl groups is 3. The molecule has 17 aromatic rings. The van der Waals surface area contributed by atoms with Crippen LogP contribution in [0.1, 0.15) is 168 Å². The Labute approximate surface area is 900 Å². The third-order valence-corrected chi connectivity index (χ3v) is 23.3. The molecule has 0 saturated carbocycles. The topological polar surface area (TPSA) is 243 Å². The van der Waals surface area contributed by atoms with E-state index in [-0.39, 0.29) is 136 Å². The van der Waals surface area contributed by atoms with Crippen molar-refractivity contribution in [1.82, 2.24) is 49.8 Å². The number of carbonyl (C=O) groups is 3. The van der Waals surface area contributed by atoms with Gasteiger partial charge >= 0.3 is 21.1 Å². The summed E-state index contributed by atoms with van der Waals surface area (Å²) < 4.78 is 1.21. The number of rotatable bonds is 17. The standard InChI is InChI=1S/C36H44N4.C20H13N2.C19H12N.C17H12N.C12H8N2S.3C5H8O2.4Ir.Pt/c1-9-21-22(10-2)30-18-32-25(13-5)26(14-6)34(39-32)20-36-28(16-8)27(15-7)35(40-36)19-33-24(12-4)23(11-3)31(38-33)17-29(21)37-30;1-3-9-15(10-4-1)19-20(16-11-5-2-6-12-16)22-18-14-8-7-13-17(18)21-19;1-2-8-14(9-3-1)19-17-12-5-4-10-15(17)16-11-6-7-13-18(16)20-19;1-2-7-14(8-3-1)15-9-6-10-16(13-15)17-11-4-5-12-18-17;1-2-7-11-9(5-1)14-12(15-11)10-6-3-4-8-13-10;3*1-4(6)3-5(2)7;;;;;/h17-20H,9-16H2,1-8H3;1-11,13-14H;1-8,10-13H;1-9,11-13H;1-8H;3*3,6H,1-2H3;;;;;/q-2;3*-1;;;;;;;;;+2. The summed E-state index contributed by atoms with van der Waals surface area (Å²) in [5.74, 6) is -0.187. The maximum Gasteiger partial charge on any atom is 2.00 e. The Morgan fingerprint density at radius 2 is 0.660 bits per heavy atom. The quantitative estimate of drug-likeness (QED) is 0.0332. The number of fused-ring (bicyclic) bond motifs is 13. The molecule has 0 aliphatic carbocycles. The molecule has 19 rings (SSSR count). The van der Waals surface area contributed by atoms with Crippen LogP contribution in [0.3, 0.4) is 0 Å². The summed E-state index contributed by atoms with van der Waals surface area (Å²) in [4.78, 5) is 78.8.